The Labute approximate surface area is 78.0 Å². The van der Waals surface area contributed by atoms with Crippen LogP contribution < -0.4 is 0 Å². The molecule has 0 amide bonds. The number of aliphatic hydroxyl groups is 2. The number of alkyl halides is 1. The van der Waals surface area contributed by atoms with Crippen molar-refractivity contribution in [3.8, 4) is 0 Å². The average Bonchev–Trinajstić information content (AvgIpc) is 2.55. The lowest BCUT2D eigenvalue weighted by Gasteiger charge is -2.13. The van der Waals surface area contributed by atoms with Crippen molar-refractivity contribution >= 4 is 15.9 Å². The maximum absolute atomic E-state index is 9.40. The van der Waals surface area contributed by atoms with E-state index in [1.807, 2.05) is 0 Å². The second kappa shape index (κ2) is 4.54. The number of nitrogens with zero attached hydrogens (tertiary/aromatic N) is 2. The summed E-state index contributed by atoms with van der Waals surface area (Å²) in [6, 6.07) is 0. The predicted molar refractivity (Wildman–Crippen MR) is 45.8 cm³/mol. The number of aliphatic hydroxyl groups excluding tert-OH is 2. The molecule has 0 bridgehead atoms. The SMILES string of the molecule is OC(CCBr)C(O)c1ncn[nH]1. The van der Waals surface area contributed by atoms with Crippen LogP contribution in [0.25, 0.3) is 0 Å². The van der Waals surface area contributed by atoms with Gasteiger partial charge in [0.2, 0.25) is 0 Å². The van der Waals surface area contributed by atoms with Gasteiger partial charge in [0.25, 0.3) is 0 Å². The third kappa shape index (κ3) is 2.26. The summed E-state index contributed by atoms with van der Waals surface area (Å²) in [5, 5.41) is 25.4. The molecule has 0 aliphatic rings. The Morgan fingerprint density at radius 1 is 1.58 bits per heavy atom. The van der Waals surface area contributed by atoms with Gasteiger partial charge in [-0.1, -0.05) is 15.9 Å². The quantitative estimate of drug-likeness (QED) is 0.642. The van der Waals surface area contributed by atoms with Crippen LogP contribution >= 0.6 is 15.9 Å². The Hall–Kier alpha value is -0.460. The molecule has 1 rings (SSSR count). The minimum absolute atomic E-state index is 0.295. The highest BCUT2D eigenvalue weighted by Crippen LogP contribution is 2.14. The molecule has 68 valence electrons. The van der Waals surface area contributed by atoms with Crippen molar-refractivity contribution in [2.75, 3.05) is 5.33 Å². The molecular weight excluding hydrogens is 226 g/mol. The van der Waals surface area contributed by atoms with Crippen LogP contribution in [0.1, 0.15) is 18.3 Å². The van der Waals surface area contributed by atoms with Crippen LogP contribution in [0, 0.1) is 0 Å². The van der Waals surface area contributed by atoms with Crippen molar-refractivity contribution in [1.29, 1.82) is 0 Å². The molecule has 0 aliphatic carbocycles. The molecule has 1 heterocycles. The summed E-state index contributed by atoms with van der Waals surface area (Å²) in [4.78, 5) is 3.73. The minimum atomic E-state index is -0.981. The van der Waals surface area contributed by atoms with E-state index in [0.29, 0.717) is 17.6 Å². The van der Waals surface area contributed by atoms with Crippen LogP contribution in [0.4, 0.5) is 0 Å². The summed E-state index contributed by atoms with van der Waals surface area (Å²) < 4.78 is 0. The fourth-order valence-electron chi connectivity index (χ4n) is 0.809. The molecule has 3 N–H and O–H groups in total. The fourth-order valence-corrected chi connectivity index (χ4v) is 1.28. The highest BCUT2D eigenvalue weighted by atomic mass is 79.9. The van der Waals surface area contributed by atoms with Crippen molar-refractivity contribution in [2.45, 2.75) is 18.6 Å². The zero-order valence-electron chi connectivity index (χ0n) is 6.31. The number of hydrogen-bond donors (Lipinski definition) is 3. The second-order valence-electron chi connectivity index (χ2n) is 2.36. The van der Waals surface area contributed by atoms with Crippen LogP contribution in [0.2, 0.25) is 0 Å². The van der Waals surface area contributed by atoms with Gasteiger partial charge in [-0.15, -0.1) is 0 Å². The zero-order chi connectivity index (χ0) is 8.97. The molecule has 5 nitrogen and oxygen atoms in total. The van der Waals surface area contributed by atoms with E-state index in [-0.39, 0.29) is 0 Å². The number of rotatable bonds is 4. The Morgan fingerprint density at radius 3 is 2.83 bits per heavy atom. The van der Waals surface area contributed by atoms with Gasteiger partial charge in [0, 0.05) is 5.33 Å². The molecule has 0 saturated heterocycles. The summed E-state index contributed by atoms with van der Waals surface area (Å²) in [5.41, 5.74) is 0. The lowest BCUT2D eigenvalue weighted by atomic mass is 10.1. The fraction of sp³-hybridized carbons (Fsp3) is 0.667. The Bertz CT molecular complexity index is 217. The summed E-state index contributed by atoms with van der Waals surface area (Å²) in [6.45, 7) is 0. The lowest BCUT2D eigenvalue weighted by Crippen LogP contribution is -2.19. The van der Waals surface area contributed by atoms with E-state index in [2.05, 4.69) is 31.1 Å². The smallest absolute Gasteiger partial charge is 0.155 e. The molecule has 12 heavy (non-hydrogen) atoms. The van der Waals surface area contributed by atoms with Crippen molar-refractivity contribution < 1.29 is 10.2 Å². The van der Waals surface area contributed by atoms with E-state index < -0.39 is 12.2 Å². The minimum Gasteiger partial charge on any atom is -0.390 e. The van der Waals surface area contributed by atoms with Crippen molar-refractivity contribution in [2.24, 2.45) is 0 Å². The topological polar surface area (TPSA) is 82.0 Å². The highest BCUT2D eigenvalue weighted by molar-refractivity contribution is 9.09. The van der Waals surface area contributed by atoms with Gasteiger partial charge in [-0.2, -0.15) is 5.10 Å². The van der Waals surface area contributed by atoms with Crippen LogP contribution in [-0.4, -0.2) is 36.8 Å². The number of H-pyrrole nitrogens is 1. The molecule has 0 aromatic carbocycles. The van der Waals surface area contributed by atoms with Gasteiger partial charge in [-0.3, -0.25) is 5.10 Å². The van der Waals surface area contributed by atoms with Crippen molar-refractivity contribution in [3.05, 3.63) is 12.2 Å². The number of aromatic amines is 1. The van der Waals surface area contributed by atoms with Gasteiger partial charge in [0.1, 0.15) is 12.4 Å². The molecule has 0 saturated carbocycles. The molecule has 1 aromatic rings. The Morgan fingerprint density at radius 2 is 2.33 bits per heavy atom. The van der Waals surface area contributed by atoms with Gasteiger partial charge in [-0.05, 0) is 6.42 Å². The second-order valence-corrected chi connectivity index (χ2v) is 3.15. The van der Waals surface area contributed by atoms with Crippen molar-refractivity contribution in [1.82, 2.24) is 15.2 Å². The molecule has 6 heteroatoms. The Kier molecular flexibility index (Phi) is 3.64. The standard InChI is InChI=1S/C6H10BrN3O2/c7-2-1-4(11)5(12)6-8-3-9-10-6/h3-5,11-12H,1-2H2,(H,8,9,10). The zero-order valence-corrected chi connectivity index (χ0v) is 7.90. The number of halogens is 1. The molecule has 0 radical (unpaired) electrons. The number of aromatic nitrogens is 3. The predicted octanol–water partition coefficient (Wildman–Crippen LogP) is -0.0160. The van der Waals surface area contributed by atoms with Crippen molar-refractivity contribution in [3.63, 3.8) is 0 Å². The molecule has 2 atom stereocenters. The highest BCUT2D eigenvalue weighted by Gasteiger charge is 2.19. The normalized spacial score (nSPS) is 15.9. The summed E-state index contributed by atoms with van der Waals surface area (Å²) in [5.74, 6) is 0.295. The third-order valence-electron chi connectivity index (χ3n) is 1.48. The van der Waals surface area contributed by atoms with Gasteiger partial charge in [0.05, 0.1) is 6.10 Å². The largest absolute Gasteiger partial charge is 0.390 e. The molecule has 0 aliphatic heterocycles. The van der Waals surface area contributed by atoms with E-state index in [1.54, 1.807) is 0 Å². The number of nitrogens with one attached hydrogen (secondary N) is 1. The van der Waals surface area contributed by atoms with Crippen LogP contribution in [-0.2, 0) is 0 Å². The summed E-state index contributed by atoms with van der Waals surface area (Å²) >= 11 is 3.16. The van der Waals surface area contributed by atoms with Gasteiger partial charge < -0.3 is 10.2 Å². The van der Waals surface area contributed by atoms with E-state index in [0.717, 1.165) is 0 Å². The van der Waals surface area contributed by atoms with Gasteiger partial charge >= 0.3 is 0 Å². The first-order valence-corrected chi connectivity index (χ1v) is 4.65. The summed E-state index contributed by atoms with van der Waals surface area (Å²) in [6.07, 6.45) is -0.0243. The first kappa shape index (κ1) is 9.63. The molecular formula is C6H10BrN3O2. The van der Waals surface area contributed by atoms with E-state index >= 15 is 0 Å². The van der Waals surface area contributed by atoms with Crippen LogP contribution in [0.5, 0.6) is 0 Å². The first-order chi connectivity index (χ1) is 5.75. The average molecular weight is 236 g/mol. The molecule has 0 spiro atoms. The summed E-state index contributed by atoms with van der Waals surface area (Å²) in [7, 11) is 0. The lowest BCUT2D eigenvalue weighted by molar-refractivity contribution is 0.0122. The monoisotopic (exact) mass is 235 g/mol. The van der Waals surface area contributed by atoms with Gasteiger partial charge in [0.15, 0.2) is 5.82 Å². The molecule has 0 fully saturated rings. The van der Waals surface area contributed by atoms with E-state index in [4.69, 9.17) is 0 Å². The maximum atomic E-state index is 9.40. The molecule has 1 aromatic heterocycles. The van der Waals surface area contributed by atoms with E-state index in [1.165, 1.54) is 6.33 Å². The Balaban J connectivity index is 2.53. The number of hydrogen-bond acceptors (Lipinski definition) is 4. The van der Waals surface area contributed by atoms with E-state index in [9.17, 15) is 10.2 Å². The van der Waals surface area contributed by atoms with Crippen LogP contribution in [0.15, 0.2) is 6.33 Å². The van der Waals surface area contributed by atoms with Gasteiger partial charge in [-0.25, -0.2) is 4.98 Å². The maximum Gasteiger partial charge on any atom is 0.155 e. The molecule has 2 unspecified atom stereocenters. The van der Waals surface area contributed by atoms with Crippen LogP contribution in [0.3, 0.4) is 0 Å². The first-order valence-electron chi connectivity index (χ1n) is 3.53. The third-order valence-corrected chi connectivity index (χ3v) is 1.94.